The van der Waals surface area contributed by atoms with Crippen LogP contribution in [0.15, 0.2) is 82.5 Å². The Bertz CT molecular complexity index is 1680. The minimum atomic E-state index is -4.17. The zero-order valence-electron chi connectivity index (χ0n) is 20.3. The van der Waals surface area contributed by atoms with Crippen molar-refractivity contribution in [3.8, 4) is 17.2 Å². The molecular formula is C26H24N4O6S. The largest absolute Gasteiger partial charge is 0.454 e. The normalized spacial score (nSPS) is 12.4. The molecule has 5 rings (SSSR count). The molecule has 2 heterocycles. The Morgan fingerprint density at radius 1 is 0.973 bits per heavy atom. The number of amides is 1. The van der Waals surface area contributed by atoms with E-state index in [-0.39, 0.29) is 22.9 Å². The number of sulfonamides is 1. The molecule has 1 N–H and O–H groups in total. The summed E-state index contributed by atoms with van der Waals surface area (Å²) in [5.74, 6) is 0.590. The van der Waals surface area contributed by atoms with Crippen LogP contribution in [0.2, 0.25) is 0 Å². The highest BCUT2D eigenvalue weighted by atomic mass is 32.2. The van der Waals surface area contributed by atoms with Crippen molar-refractivity contribution in [1.29, 1.82) is 0 Å². The number of para-hydroxylation sites is 1. The molecule has 4 aromatic rings. The Kier molecular flexibility index (Phi) is 6.00. The van der Waals surface area contributed by atoms with Gasteiger partial charge < -0.3 is 14.8 Å². The minimum absolute atomic E-state index is 0.0153. The molecule has 3 aromatic carbocycles. The zero-order valence-corrected chi connectivity index (χ0v) is 21.2. The van der Waals surface area contributed by atoms with Gasteiger partial charge in [0.2, 0.25) is 6.79 Å². The number of hydrogen-bond acceptors (Lipinski definition) is 6. The average Bonchev–Trinajstić information content (AvgIpc) is 3.45. The standard InChI is InChI=1S/C26H24N4O6S/c1-17-24(26(32)30(28(17)2)20-9-5-4-6-10-20)29(3)37(33,34)21-11-7-8-18(14-21)25(31)27-19-12-13-22-23(15-19)36-16-35-22/h4-15H,16H2,1-3H3,(H,27,31). The summed E-state index contributed by atoms with van der Waals surface area (Å²) >= 11 is 0. The fourth-order valence-electron chi connectivity index (χ4n) is 4.17. The van der Waals surface area contributed by atoms with E-state index in [1.807, 2.05) is 6.07 Å². The molecule has 37 heavy (non-hydrogen) atoms. The van der Waals surface area contributed by atoms with E-state index in [1.165, 1.54) is 36.0 Å². The van der Waals surface area contributed by atoms with Crippen molar-refractivity contribution in [3.63, 3.8) is 0 Å². The Morgan fingerprint density at radius 3 is 2.46 bits per heavy atom. The summed E-state index contributed by atoms with van der Waals surface area (Å²) in [5, 5.41) is 2.74. The van der Waals surface area contributed by atoms with Crippen LogP contribution in [0.4, 0.5) is 11.4 Å². The van der Waals surface area contributed by atoms with E-state index < -0.39 is 21.5 Å². The first-order chi connectivity index (χ1) is 17.7. The van der Waals surface area contributed by atoms with E-state index in [4.69, 9.17) is 9.47 Å². The molecule has 11 heteroatoms. The second-order valence-corrected chi connectivity index (χ2v) is 10.4. The van der Waals surface area contributed by atoms with Crippen molar-refractivity contribution in [2.45, 2.75) is 11.8 Å². The molecule has 1 amide bonds. The number of benzene rings is 3. The third-order valence-corrected chi connectivity index (χ3v) is 7.98. The molecular weight excluding hydrogens is 496 g/mol. The van der Waals surface area contributed by atoms with Crippen molar-refractivity contribution in [2.24, 2.45) is 7.05 Å². The number of carbonyl (C=O) groups is 1. The molecule has 0 unspecified atom stereocenters. The maximum atomic E-state index is 13.6. The van der Waals surface area contributed by atoms with Crippen LogP contribution in [0, 0.1) is 6.92 Å². The van der Waals surface area contributed by atoms with Gasteiger partial charge in [-0.1, -0.05) is 24.3 Å². The summed E-state index contributed by atoms with van der Waals surface area (Å²) in [6, 6.07) is 19.6. The first kappa shape index (κ1) is 24.2. The van der Waals surface area contributed by atoms with E-state index in [9.17, 15) is 18.0 Å². The van der Waals surface area contributed by atoms with Crippen LogP contribution >= 0.6 is 0 Å². The molecule has 0 fully saturated rings. The van der Waals surface area contributed by atoms with E-state index in [0.29, 0.717) is 28.6 Å². The molecule has 0 atom stereocenters. The fraction of sp³-hybridized carbons (Fsp3) is 0.154. The number of carbonyl (C=O) groups excluding carboxylic acids is 1. The number of nitrogens with one attached hydrogen (secondary N) is 1. The van der Waals surface area contributed by atoms with Gasteiger partial charge in [-0.15, -0.1) is 0 Å². The van der Waals surface area contributed by atoms with Gasteiger partial charge in [0, 0.05) is 31.4 Å². The van der Waals surface area contributed by atoms with Crippen molar-refractivity contribution >= 4 is 27.3 Å². The van der Waals surface area contributed by atoms with Crippen LogP contribution in [0.25, 0.3) is 5.69 Å². The molecule has 1 aromatic heterocycles. The van der Waals surface area contributed by atoms with Crippen molar-refractivity contribution < 1.29 is 22.7 Å². The molecule has 0 saturated carbocycles. The monoisotopic (exact) mass is 520 g/mol. The highest BCUT2D eigenvalue weighted by Crippen LogP contribution is 2.34. The highest BCUT2D eigenvalue weighted by Gasteiger charge is 2.29. The predicted molar refractivity (Wildman–Crippen MR) is 138 cm³/mol. The SMILES string of the molecule is Cc1c(N(C)S(=O)(=O)c2cccc(C(=O)Nc3ccc4c(c3)OCO4)c2)c(=O)n(-c2ccccc2)n1C. The maximum absolute atomic E-state index is 13.6. The fourth-order valence-corrected chi connectivity index (χ4v) is 5.46. The quantitative estimate of drug-likeness (QED) is 0.418. The number of anilines is 2. The highest BCUT2D eigenvalue weighted by molar-refractivity contribution is 7.92. The topological polar surface area (TPSA) is 112 Å². The lowest BCUT2D eigenvalue weighted by Gasteiger charge is -2.18. The van der Waals surface area contributed by atoms with Gasteiger partial charge in [0.1, 0.15) is 5.69 Å². The number of aromatic nitrogens is 2. The van der Waals surface area contributed by atoms with Gasteiger partial charge in [-0.05, 0) is 49.4 Å². The summed E-state index contributed by atoms with van der Waals surface area (Å²) in [6.45, 7) is 1.79. The van der Waals surface area contributed by atoms with Gasteiger partial charge in [0.05, 0.1) is 16.3 Å². The van der Waals surface area contributed by atoms with Crippen LogP contribution in [-0.2, 0) is 17.1 Å². The average molecular weight is 521 g/mol. The van der Waals surface area contributed by atoms with Crippen LogP contribution in [-0.4, -0.2) is 37.5 Å². The van der Waals surface area contributed by atoms with Gasteiger partial charge in [-0.3, -0.25) is 18.6 Å². The Hall–Kier alpha value is -4.51. The number of rotatable bonds is 6. The van der Waals surface area contributed by atoms with Crippen LogP contribution in [0.5, 0.6) is 11.5 Å². The first-order valence-electron chi connectivity index (χ1n) is 11.3. The third-order valence-electron chi connectivity index (χ3n) is 6.22. The Morgan fingerprint density at radius 2 is 1.70 bits per heavy atom. The smallest absolute Gasteiger partial charge is 0.296 e. The molecule has 1 aliphatic heterocycles. The van der Waals surface area contributed by atoms with E-state index >= 15 is 0 Å². The third kappa shape index (κ3) is 4.23. The number of ether oxygens (including phenoxy) is 2. The second kappa shape index (κ2) is 9.17. The van der Waals surface area contributed by atoms with Crippen LogP contribution in [0.1, 0.15) is 16.1 Å². The van der Waals surface area contributed by atoms with E-state index in [2.05, 4.69) is 5.32 Å². The number of nitrogens with zero attached hydrogens (tertiary/aromatic N) is 3. The summed E-state index contributed by atoms with van der Waals surface area (Å²) in [4.78, 5) is 26.1. The lowest BCUT2D eigenvalue weighted by atomic mass is 10.2. The molecule has 1 aliphatic rings. The molecule has 0 radical (unpaired) electrons. The summed E-state index contributed by atoms with van der Waals surface area (Å²) in [5.41, 5.74) is 1.23. The molecule has 0 aliphatic carbocycles. The summed E-state index contributed by atoms with van der Waals surface area (Å²) in [7, 11) is -1.15. The number of hydrogen-bond donors (Lipinski definition) is 1. The van der Waals surface area contributed by atoms with Crippen LogP contribution < -0.4 is 24.7 Å². The zero-order chi connectivity index (χ0) is 26.3. The van der Waals surface area contributed by atoms with Crippen LogP contribution in [0.3, 0.4) is 0 Å². The molecule has 190 valence electrons. The molecule has 0 bridgehead atoms. The minimum Gasteiger partial charge on any atom is -0.454 e. The van der Waals surface area contributed by atoms with Gasteiger partial charge in [-0.25, -0.2) is 13.1 Å². The summed E-state index contributed by atoms with van der Waals surface area (Å²) < 4.78 is 41.7. The van der Waals surface area contributed by atoms with E-state index in [1.54, 1.807) is 61.1 Å². The van der Waals surface area contributed by atoms with Gasteiger partial charge in [-0.2, -0.15) is 0 Å². The molecule has 0 spiro atoms. The molecule has 10 nitrogen and oxygen atoms in total. The Labute approximate surface area is 213 Å². The number of fused-ring (bicyclic) bond motifs is 1. The van der Waals surface area contributed by atoms with Gasteiger partial charge in [0.15, 0.2) is 11.5 Å². The first-order valence-corrected chi connectivity index (χ1v) is 12.8. The lowest BCUT2D eigenvalue weighted by Crippen LogP contribution is -2.32. The molecule has 0 saturated heterocycles. The van der Waals surface area contributed by atoms with Crippen molar-refractivity contribution in [1.82, 2.24) is 9.36 Å². The maximum Gasteiger partial charge on any atom is 0.296 e. The van der Waals surface area contributed by atoms with E-state index in [0.717, 1.165) is 4.31 Å². The van der Waals surface area contributed by atoms with Gasteiger partial charge >= 0.3 is 0 Å². The Balaban J connectivity index is 1.45. The lowest BCUT2D eigenvalue weighted by molar-refractivity contribution is 0.102. The summed E-state index contributed by atoms with van der Waals surface area (Å²) in [6.07, 6.45) is 0. The van der Waals surface area contributed by atoms with Gasteiger partial charge in [0.25, 0.3) is 21.5 Å². The van der Waals surface area contributed by atoms with Crippen molar-refractivity contribution in [3.05, 3.63) is 94.4 Å². The predicted octanol–water partition coefficient (Wildman–Crippen LogP) is 3.29. The van der Waals surface area contributed by atoms with Crippen molar-refractivity contribution in [2.75, 3.05) is 23.5 Å². The second-order valence-electron chi connectivity index (χ2n) is 8.43.